The normalized spacial score (nSPS) is 26.9. The summed E-state index contributed by atoms with van der Waals surface area (Å²) in [5.74, 6) is 0. The summed E-state index contributed by atoms with van der Waals surface area (Å²) in [5.41, 5.74) is 1.45. The van der Waals surface area contributed by atoms with Crippen LogP contribution in [0.5, 0.6) is 0 Å². The molecule has 1 saturated heterocycles. The molecule has 21 heavy (non-hydrogen) atoms. The fraction of sp³-hybridized carbons (Fsp3) is 0.667. The summed E-state index contributed by atoms with van der Waals surface area (Å²) in [5, 5.41) is 3.78. The van der Waals surface area contributed by atoms with Gasteiger partial charge in [-0.25, -0.2) is 0 Å². The van der Waals surface area contributed by atoms with E-state index in [0.29, 0.717) is 6.04 Å². The van der Waals surface area contributed by atoms with Gasteiger partial charge in [0.25, 0.3) is 0 Å². The minimum Gasteiger partial charge on any atom is -0.385 e. The maximum atomic E-state index is 5.16. The lowest BCUT2D eigenvalue weighted by molar-refractivity contribution is 0.0787. The monoisotopic (exact) mass is 290 g/mol. The largest absolute Gasteiger partial charge is 0.385 e. The van der Waals surface area contributed by atoms with Crippen LogP contribution >= 0.6 is 0 Å². The van der Waals surface area contributed by atoms with Crippen LogP contribution in [0.2, 0.25) is 0 Å². The van der Waals surface area contributed by atoms with Gasteiger partial charge in [-0.05, 0) is 38.3 Å². The Balaban J connectivity index is 2.00. The third-order valence-electron chi connectivity index (χ3n) is 4.69. The number of hydrogen-bond acceptors (Lipinski definition) is 3. The van der Waals surface area contributed by atoms with E-state index in [1.807, 2.05) is 0 Å². The van der Waals surface area contributed by atoms with E-state index in [9.17, 15) is 0 Å². The number of rotatable bonds is 7. The second-order valence-electron chi connectivity index (χ2n) is 6.31. The average molecular weight is 290 g/mol. The number of hydrogen-bond donors (Lipinski definition) is 1. The molecule has 0 aromatic heterocycles. The first-order valence-electron chi connectivity index (χ1n) is 8.23. The van der Waals surface area contributed by atoms with Gasteiger partial charge in [0.15, 0.2) is 0 Å². The van der Waals surface area contributed by atoms with E-state index >= 15 is 0 Å². The van der Waals surface area contributed by atoms with Gasteiger partial charge in [0.2, 0.25) is 0 Å². The van der Waals surface area contributed by atoms with Crippen LogP contribution in [0, 0.1) is 0 Å². The van der Waals surface area contributed by atoms with Crippen molar-refractivity contribution >= 4 is 0 Å². The number of piperazine rings is 1. The standard InChI is InChI=1S/C18H30N2O/c1-4-17-14-19-18(2,16-10-6-5-7-11-16)15-20(17)12-8-9-13-21-3/h5-7,10-11,17,19H,4,8-9,12-15H2,1-3H3. The van der Waals surface area contributed by atoms with Crippen molar-refractivity contribution in [2.24, 2.45) is 0 Å². The van der Waals surface area contributed by atoms with Gasteiger partial charge in [-0.3, -0.25) is 4.90 Å². The lowest BCUT2D eigenvalue weighted by Gasteiger charge is -2.46. The Morgan fingerprint density at radius 1 is 1.29 bits per heavy atom. The zero-order valence-corrected chi connectivity index (χ0v) is 13.8. The molecule has 1 aliphatic rings. The smallest absolute Gasteiger partial charge is 0.0535 e. The Labute approximate surface area is 129 Å². The van der Waals surface area contributed by atoms with Crippen LogP contribution in [0.3, 0.4) is 0 Å². The first kappa shape index (κ1) is 16.5. The Morgan fingerprint density at radius 3 is 2.71 bits per heavy atom. The lowest BCUT2D eigenvalue weighted by atomic mass is 9.87. The van der Waals surface area contributed by atoms with Gasteiger partial charge in [0.05, 0.1) is 5.54 Å². The summed E-state index contributed by atoms with van der Waals surface area (Å²) >= 11 is 0. The third kappa shape index (κ3) is 4.29. The van der Waals surface area contributed by atoms with E-state index in [0.717, 1.165) is 26.1 Å². The number of methoxy groups -OCH3 is 1. The molecule has 1 aliphatic heterocycles. The van der Waals surface area contributed by atoms with Gasteiger partial charge in [-0.1, -0.05) is 37.3 Å². The van der Waals surface area contributed by atoms with Crippen LogP contribution < -0.4 is 5.32 Å². The molecular weight excluding hydrogens is 260 g/mol. The second kappa shape index (κ2) is 7.92. The fourth-order valence-electron chi connectivity index (χ4n) is 3.29. The van der Waals surface area contributed by atoms with Crippen molar-refractivity contribution in [1.82, 2.24) is 10.2 Å². The number of benzene rings is 1. The minimum atomic E-state index is 0.0637. The van der Waals surface area contributed by atoms with Gasteiger partial charge in [-0.2, -0.15) is 0 Å². The number of ether oxygens (including phenoxy) is 1. The minimum absolute atomic E-state index is 0.0637. The zero-order chi connectivity index (χ0) is 15.1. The van der Waals surface area contributed by atoms with Crippen molar-refractivity contribution in [2.45, 2.75) is 44.7 Å². The maximum Gasteiger partial charge on any atom is 0.0535 e. The van der Waals surface area contributed by atoms with Gasteiger partial charge in [0.1, 0.15) is 0 Å². The van der Waals surface area contributed by atoms with E-state index in [1.54, 1.807) is 7.11 Å². The molecule has 0 amide bonds. The molecule has 2 rings (SSSR count). The first-order chi connectivity index (χ1) is 10.2. The van der Waals surface area contributed by atoms with E-state index in [1.165, 1.54) is 24.9 Å². The van der Waals surface area contributed by atoms with Crippen LogP contribution in [0.4, 0.5) is 0 Å². The SMILES string of the molecule is CCC1CNC(C)(c2ccccc2)CN1CCCCOC. The molecule has 1 fully saturated rings. The molecule has 0 bridgehead atoms. The maximum absolute atomic E-state index is 5.16. The van der Waals surface area contributed by atoms with Crippen LogP contribution in [0.1, 0.15) is 38.7 Å². The molecule has 2 atom stereocenters. The van der Waals surface area contributed by atoms with E-state index < -0.39 is 0 Å². The average Bonchev–Trinajstić information content (AvgIpc) is 2.53. The highest BCUT2D eigenvalue weighted by Crippen LogP contribution is 2.27. The van der Waals surface area contributed by atoms with E-state index in [-0.39, 0.29) is 5.54 Å². The zero-order valence-electron chi connectivity index (χ0n) is 13.8. The summed E-state index contributed by atoms with van der Waals surface area (Å²) in [6, 6.07) is 11.5. The molecule has 1 aromatic carbocycles. The predicted molar refractivity (Wildman–Crippen MR) is 88.6 cm³/mol. The van der Waals surface area contributed by atoms with Crippen LogP contribution in [0.15, 0.2) is 30.3 Å². The molecule has 0 spiro atoms. The molecule has 3 heteroatoms. The van der Waals surface area contributed by atoms with Crippen molar-refractivity contribution in [2.75, 3.05) is 33.4 Å². The predicted octanol–water partition coefficient (Wildman–Crippen LogP) is 3.01. The molecule has 0 aliphatic carbocycles. The molecule has 1 heterocycles. The topological polar surface area (TPSA) is 24.5 Å². The number of nitrogens with zero attached hydrogens (tertiary/aromatic N) is 1. The molecular formula is C18H30N2O. The summed E-state index contributed by atoms with van der Waals surface area (Å²) in [7, 11) is 1.78. The first-order valence-corrected chi connectivity index (χ1v) is 8.23. The summed E-state index contributed by atoms with van der Waals surface area (Å²) < 4.78 is 5.16. The molecule has 2 unspecified atom stereocenters. The molecule has 0 radical (unpaired) electrons. The van der Waals surface area contributed by atoms with Crippen molar-refractivity contribution in [3.8, 4) is 0 Å². The van der Waals surface area contributed by atoms with Crippen LogP contribution in [0.25, 0.3) is 0 Å². The Morgan fingerprint density at radius 2 is 2.05 bits per heavy atom. The van der Waals surface area contributed by atoms with Crippen molar-refractivity contribution in [3.05, 3.63) is 35.9 Å². The highest BCUT2D eigenvalue weighted by Gasteiger charge is 2.35. The summed E-state index contributed by atoms with van der Waals surface area (Å²) in [4.78, 5) is 2.67. The fourth-order valence-corrected chi connectivity index (χ4v) is 3.29. The van der Waals surface area contributed by atoms with Gasteiger partial charge in [-0.15, -0.1) is 0 Å². The quantitative estimate of drug-likeness (QED) is 0.781. The second-order valence-corrected chi connectivity index (χ2v) is 6.31. The Hall–Kier alpha value is -0.900. The molecule has 1 aromatic rings. The number of nitrogens with one attached hydrogen (secondary N) is 1. The van der Waals surface area contributed by atoms with E-state index in [2.05, 4.69) is 54.4 Å². The van der Waals surface area contributed by atoms with Crippen LogP contribution in [-0.4, -0.2) is 44.3 Å². The lowest BCUT2D eigenvalue weighted by Crippen LogP contribution is -2.61. The molecule has 0 saturated carbocycles. The molecule has 3 nitrogen and oxygen atoms in total. The van der Waals surface area contributed by atoms with Crippen molar-refractivity contribution in [3.63, 3.8) is 0 Å². The molecule has 1 N–H and O–H groups in total. The van der Waals surface area contributed by atoms with Gasteiger partial charge >= 0.3 is 0 Å². The summed E-state index contributed by atoms with van der Waals surface area (Å²) in [6.45, 7) is 8.83. The van der Waals surface area contributed by atoms with Crippen molar-refractivity contribution in [1.29, 1.82) is 0 Å². The van der Waals surface area contributed by atoms with Crippen molar-refractivity contribution < 1.29 is 4.74 Å². The van der Waals surface area contributed by atoms with Crippen LogP contribution in [-0.2, 0) is 10.3 Å². The number of unbranched alkanes of at least 4 members (excludes halogenated alkanes) is 1. The molecule has 118 valence electrons. The Bertz CT molecular complexity index is 409. The Kier molecular flexibility index (Phi) is 6.22. The van der Waals surface area contributed by atoms with Gasteiger partial charge in [0, 0.05) is 32.8 Å². The summed E-state index contributed by atoms with van der Waals surface area (Å²) in [6.07, 6.45) is 3.58. The third-order valence-corrected chi connectivity index (χ3v) is 4.69. The highest BCUT2D eigenvalue weighted by molar-refractivity contribution is 5.25. The van der Waals surface area contributed by atoms with Gasteiger partial charge < -0.3 is 10.1 Å². The van der Waals surface area contributed by atoms with E-state index in [4.69, 9.17) is 4.74 Å². The highest BCUT2D eigenvalue weighted by atomic mass is 16.5.